The number of aryl methyl sites for hydroxylation is 1. The molecule has 0 heterocycles. The lowest BCUT2D eigenvalue weighted by Crippen LogP contribution is -2.19. The lowest BCUT2D eigenvalue weighted by atomic mass is 10.2. The van der Waals surface area contributed by atoms with Gasteiger partial charge in [-0.1, -0.05) is 17.7 Å². The standard InChI is InChI=1S/C14H14N2O4S/c1-10-2-4-11(5-3-10)15-14(17)16-12-6-8-13(9-7-12)21(18,19)20/h2-9H,1H3,(H2,15,16,17)(H,18,19,20). The van der Waals surface area contributed by atoms with Gasteiger partial charge in [0.2, 0.25) is 0 Å². The summed E-state index contributed by atoms with van der Waals surface area (Å²) in [4.78, 5) is 11.5. The Kier molecular flexibility index (Phi) is 4.25. The smallest absolute Gasteiger partial charge is 0.308 e. The van der Waals surface area contributed by atoms with Gasteiger partial charge in [-0.3, -0.25) is 4.55 Å². The van der Waals surface area contributed by atoms with E-state index in [9.17, 15) is 13.2 Å². The zero-order chi connectivity index (χ0) is 15.5. The summed E-state index contributed by atoms with van der Waals surface area (Å²) in [7, 11) is -4.23. The van der Waals surface area contributed by atoms with Crippen LogP contribution in [0.15, 0.2) is 53.4 Å². The van der Waals surface area contributed by atoms with Crippen molar-refractivity contribution >= 4 is 27.5 Å². The quantitative estimate of drug-likeness (QED) is 0.760. The van der Waals surface area contributed by atoms with Gasteiger partial charge in [0.1, 0.15) is 0 Å². The summed E-state index contributed by atoms with van der Waals surface area (Å²) in [6.45, 7) is 1.95. The number of nitrogens with one attached hydrogen (secondary N) is 2. The average Bonchev–Trinajstić information content (AvgIpc) is 2.41. The first-order chi connectivity index (χ1) is 9.84. The van der Waals surface area contributed by atoms with Crippen molar-refractivity contribution in [2.75, 3.05) is 10.6 Å². The summed E-state index contributed by atoms with van der Waals surface area (Å²) in [5.74, 6) is 0. The van der Waals surface area contributed by atoms with Gasteiger partial charge in [-0.15, -0.1) is 0 Å². The number of benzene rings is 2. The number of carbonyl (C=O) groups excluding carboxylic acids is 1. The van der Waals surface area contributed by atoms with Crippen LogP contribution in [0.4, 0.5) is 16.2 Å². The van der Waals surface area contributed by atoms with Crippen LogP contribution < -0.4 is 10.6 Å². The minimum Gasteiger partial charge on any atom is -0.308 e. The molecule has 21 heavy (non-hydrogen) atoms. The maximum atomic E-state index is 11.8. The first kappa shape index (κ1) is 15.0. The highest BCUT2D eigenvalue weighted by molar-refractivity contribution is 7.85. The Balaban J connectivity index is 2.01. The summed E-state index contributed by atoms with van der Waals surface area (Å²) in [5.41, 5.74) is 2.14. The molecule has 0 unspecified atom stereocenters. The second kappa shape index (κ2) is 5.94. The third-order valence-electron chi connectivity index (χ3n) is 2.72. The van der Waals surface area contributed by atoms with Gasteiger partial charge in [-0.05, 0) is 43.3 Å². The normalized spacial score (nSPS) is 11.0. The van der Waals surface area contributed by atoms with Crippen molar-refractivity contribution in [3.05, 3.63) is 54.1 Å². The maximum absolute atomic E-state index is 11.8. The molecule has 0 fully saturated rings. The Morgan fingerprint density at radius 3 is 1.76 bits per heavy atom. The molecule has 0 spiro atoms. The molecule has 3 N–H and O–H groups in total. The van der Waals surface area contributed by atoms with Crippen LogP contribution >= 0.6 is 0 Å². The predicted molar refractivity (Wildman–Crippen MR) is 80.1 cm³/mol. The van der Waals surface area contributed by atoms with E-state index < -0.39 is 16.1 Å². The second-order valence-corrected chi connectivity index (χ2v) is 5.87. The van der Waals surface area contributed by atoms with E-state index in [1.807, 2.05) is 19.1 Å². The summed E-state index contributed by atoms with van der Waals surface area (Å²) in [6, 6.07) is 12.0. The molecule has 0 saturated heterocycles. The second-order valence-electron chi connectivity index (χ2n) is 4.44. The largest absolute Gasteiger partial charge is 0.323 e. The zero-order valence-electron chi connectivity index (χ0n) is 11.2. The molecule has 110 valence electrons. The van der Waals surface area contributed by atoms with Crippen LogP contribution in [0, 0.1) is 6.92 Å². The molecule has 0 saturated carbocycles. The van der Waals surface area contributed by atoms with Crippen molar-refractivity contribution in [2.45, 2.75) is 11.8 Å². The molecule has 0 aromatic heterocycles. The summed E-state index contributed by atoms with van der Waals surface area (Å²) >= 11 is 0. The lowest BCUT2D eigenvalue weighted by Gasteiger charge is -2.08. The van der Waals surface area contributed by atoms with Crippen LogP contribution in [-0.4, -0.2) is 19.0 Å². The van der Waals surface area contributed by atoms with E-state index in [2.05, 4.69) is 10.6 Å². The number of rotatable bonds is 3. The van der Waals surface area contributed by atoms with Crippen molar-refractivity contribution in [3.8, 4) is 0 Å². The Hall–Kier alpha value is -2.38. The van der Waals surface area contributed by atoms with Crippen molar-refractivity contribution < 1.29 is 17.8 Å². The number of hydrogen-bond acceptors (Lipinski definition) is 3. The van der Waals surface area contributed by atoms with Crippen LogP contribution in [0.3, 0.4) is 0 Å². The zero-order valence-corrected chi connectivity index (χ0v) is 12.0. The van der Waals surface area contributed by atoms with Gasteiger partial charge in [0.15, 0.2) is 0 Å². The number of hydrogen-bond donors (Lipinski definition) is 3. The van der Waals surface area contributed by atoms with Crippen molar-refractivity contribution in [1.82, 2.24) is 0 Å². The first-order valence-electron chi connectivity index (χ1n) is 6.07. The van der Waals surface area contributed by atoms with E-state index in [-0.39, 0.29) is 4.90 Å². The Bertz CT molecular complexity index is 738. The Morgan fingerprint density at radius 2 is 1.33 bits per heavy atom. The number of urea groups is 1. The van der Waals surface area contributed by atoms with Crippen LogP contribution in [-0.2, 0) is 10.1 Å². The fourth-order valence-corrected chi connectivity index (χ4v) is 2.12. The van der Waals surface area contributed by atoms with E-state index in [0.717, 1.165) is 5.56 Å². The molecule has 2 aromatic carbocycles. The van der Waals surface area contributed by atoms with Crippen LogP contribution in [0.5, 0.6) is 0 Å². The molecule has 7 heteroatoms. The highest BCUT2D eigenvalue weighted by Crippen LogP contribution is 2.14. The van der Waals surface area contributed by atoms with Gasteiger partial charge in [0.25, 0.3) is 10.1 Å². The molecular weight excluding hydrogens is 292 g/mol. The molecule has 0 aliphatic carbocycles. The Morgan fingerprint density at radius 1 is 0.905 bits per heavy atom. The van der Waals surface area contributed by atoms with E-state index in [1.54, 1.807) is 12.1 Å². The third-order valence-corrected chi connectivity index (χ3v) is 3.59. The van der Waals surface area contributed by atoms with Gasteiger partial charge in [-0.2, -0.15) is 8.42 Å². The third kappa shape index (κ3) is 4.30. The maximum Gasteiger partial charge on any atom is 0.323 e. The molecule has 0 radical (unpaired) electrons. The SMILES string of the molecule is Cc1ccc(NC(=O)Nc2ccc(S(=O)(=O)O)cc2)cc1. The topological polar surface area (TPSA) is 95.5 Å². The minimum atomic E-state index is -4.23. The van der Waals surface area contributed by atoms with Crippen molar-refractivity contribution in [2.24, 2.45) is 0 Å². The highest BCUT2D eigenvalue weighted by Gasteiger charge is 2.09. The van der Waals surface area contributed by atoms with Crippen molar-refractivity contribution in [1.29, 1.82) is 0 Å². The highest BCUT2D eigenvalue weighted by atomic mass is 32.2. The van der Waals surface area contributed by atoms with Gasteiger partial charge in [-0.25, -0.2) is 4.79 Å². The molecule has 2 amide bonds. The average molecular weight is 306 g/mol. The summed E-state index contributed by atoms with van der Waals surface area (Å²) in [6.07, 6.45) is 0. The predicted octanol–water partition coefficient (Wildman–Crippen LogP) is 2.89. The van der Waals surface area contributed by atoms with E-state index >= 15 is 0 Å². The fraction of sp³-hybridized carbons (Fsp3) is 0.0714. The summed E-state index contributed by atoms with van der Waals surface area (Å²) < 4.78 is 30.6. The molecule has 0 aliphatic rings. The lowest BCUT2D eigenvalue weighted by molar-refractivity contribution is 0.262. The first-order valence-corrected chi connectivity index (χ1v) is 7.51. The monoisotopic (exact) mass is 306 g/mol. The van der Waals surface area contributed by atoms with Crippen molar-refractivity contribution in [3.63, 3.8) is 0 Å². The van der Waals surface area contributed by atoms with Gasteiger partial charge < -0.3 is 10.6 Å². The molecular formula is C14H14N2O4S. The van der Waals surface area contributed by atoms with Crippen LogP contribution in [0.1, 0.15) is 5.56 Å². The Labute approximate surface area is 122 Å². The fourth-order valence-electron chi connectivity index (χ4n) is 1.64. The molecule has 2 aromatic rings. The van der Waals surface area contributed by atoms with E-state index in [1.165, 1.54) is 24.3 Å². The van der Waals surface area contributed by atoms with E-state index in [0.29, 0.717) is 11.4 Å². The molecule has 0 bridgehead atoms. The van der Waals surface area contributed by atoms with Gasteiger partial charge in [0, 0.05) is 11.4 Å². The number of carbonyl (C=O) groups is 1. The van der Waals surface area contributed by atoms with Gasteiger partial charge >= 0.3 is 6.03 Å². The van der Waals surface area contributed by atoms with Crippen LogP contribution in [0.25, 0.3) is 0 Å². The molecule has 2 rings (SSSR count). The van der Waals surface area contributed by atoms with Crippen LogP contribution in [0.2, 0.25) is 0 Å². The molecule has 0 atom stereocenters. The molecule has 0 aliphatic heterocycles. The van der Waals surface area contributed by atoms with Gasteiger partial charge in [0.05, 0.1) is 4.90 Å². The van der Waals surface area contributed by atoms with E-state index in [4.69, 9.17) is 4.55 Å². The number of anilines is 2. The summed E-state index contributed by atoms with van der Waals surface area (Å²) in [5, 5.41) is 5.20. The number of amides is 2. The molecule has 6 nitrogen and oxygen atoms in total. The minimum absolute atomic E-state index is 0.230.